The summed E-state index contributed by atoms with van der Waals surface area (Å²) in [5.74, 6) is -2.13. The van der Waals surface area contributed by atoms with Gasteiger partial charge in [0.05, 0.1) is 5.69 Å². The first-order chi connectivity index (χ1) is 18.7. The Hall–Kier alpha value is -3.85. The number of carbonyl (C=O) groups is 1. The fourth-order valence-corrected chi connectivity index (χ4v) is 5.30. The number of H-pyrrole nitrogens is 1. The molecule has 3 aromatic heterocycles. The number of ether oxygens (including phenoxy) is 2. The Labute approximate surface area is 223 Å². The smallest absolute Gasteiger partial charge is 0.406 e. The normalized spacial score (nSPS) is 18.6. The number of hydrogen-bond donors (Lipinski definition) is 3. The lowest BCUT2D eigenvalue weighted by Gasteiger charge is -2.28. The van der Waals surface area contributed by atoms with Crippen LogP contribution in [0, 0.1) is 5.82 Å². The zero-order valence-corrected chi connectivity index (χ0v) is 21.3. The van der Waals surface area contributed by atoms with Crippen LogP contribution in [0.2, 0.25) is 0 Å². The molecule has 206 valence electrons. The Bertz CT molecular complexity index is 1450. The number of benzene rings is 1. The summed E-state index contributed by atoms with van der Waals surface area (Å²) in [6.45, 7) is 0. The number of methoxy groups -OCH3 is 1. The Morgan fingerprint density at radius 3 is 2.59 bits per heavy atom. The number of aromatic nitrogens is 5. The molecule has 39 heavy (non-hydrogen) atoms. The fraction of sp³-hybridized carbons (Fsp3) is 0.375. The van der Waals surface area contributed by atoms with E-state index in [0.717, 1.165) is 79.1 Å². The number of rotatable bonds is 8. The van der Waals surface area contributed by atoms with Crippen molar-refractivity contribution in [3.63, 3.8) is 0 Å². The summed E-state index contributed by atoms with van der Waals surface area (Å²) in [6.07, 6.45) is -1.10. The van der Waals surface area contributed by atoms with E-state index >= 15 is 0 Å². The van der Waals surface area contributed by atoms with Crippen LogP contribution < -0.4 is 15.4 Å². The summed E-state index contributed by atoms with van der Waals surface area (Å²) in [6, 6.07) is 6.53. The minimum atomic E-state index is -4.97. The van der Waals surface area contributed by atoms with E-state index in [1.807, 2.05) is 12.3 Å². The number of aromatic amines is 1. The van der Waals surface area contributed by atoms with Crippen LogP contribution in [0.5, 0.6) is 5.75 Å². The standard InChI is InChI=1S/C24H23F4N7O3S/c1-37-19(16-11-15(6-7-17(16)25)38-24(26,27)28)21(36)31-23-35-34-22(39-23)30-14-4-2-12(3-5-14)18-10-13-8-9-29-20(13)33-32-18/h6-12,14,19H,2-5H2,1H3,(H,29,33)(H,30,34)(H,31,35,36)/t12-,14-,19-/m0/s1. The van der Waals surface area contributed by atoms with Crippen LogP contribution in [0.1, 0.15) is 49.0 Å². The first kappa shape index (κ1) is 26.7. The van der Waals surface area contributed by atoms with Gasteiger partial charge in [-0.1, -0.05) is 11.3 Å². The van der Waals surface area contributed by atoms with Crippen LogP contribution in [0.3, 0.4) is 0 Å². The van der Waals surface area contributed by atoms with E-state index in [9.17, 15) is 22.4 Å². The van der Waals surface area contributed by atoms with Crippen molar-refractivity contribution < 1.29 is 31.8 Å². The van der Waals surface area contributed by atoms with E-state index in [0.29, 0.717) is 11.0 Å². The first-order valence-electron chi connectivity index (χ1n) is 12.0. The van der Waals surface area contributed by atoms with Gasteiger partial charge in [0, 0.05) is 36.2 Å². The second-order valence-electron chi connectivity index (χ2n) is 8.99. The number of hydrogen-bond acceptors (Lipinski definition) is 9. The topological polar surface area (TPSA) is 127 Å². The number of amides is 1. The minimum Gasteiger partial charge on any atom is -0.406 e. The average molecular weight is 566 g/mol. The van der Waals surface area contributed by atoms with Crippen LogP contribution in [-0.4, -0.2) is 50.8 Å². The van der Waals surface area contributed by atoms with Crippen molar-refractivity contribution in [1.82, 2.24) is 25.4 Å². The largest absolute Gasteiger partial charge is 0.573 e. The van der Waals surface area contributed by atoms with E-state index in [1.54, 1.807) is 0 Å². The number of alkyl halides is 3. The molecule has 0 spiro atoms. The van der Waals surface area contributed by atoms with Crippen LogP contribution in [0.4, 0.5) is 27.8 Å². The van der Waals surface area contributed by atoms with Crippen molar-refractivity contribution in [2.45, 2.75) is 50.1 Å². The number of halogens is 4. The fourth-order valence-electron chi connectivity index (χ4n) is 4.58. The monoisotopic (exact) mass is 565 g/mol. The van der Waals surface area contributed by atoms with Crippen molar-refractivity contribution in [2.24, 2.45) is 0 Å². The molecule has 1 amide bonds. The lowest BCUT2D eigenvalue weighted by Crippen LogP contribution is -2.25. The Balaban J connectivity index is 1.17. The lowest BCUT2D eigenvalue weighted by molar-refractivity contribution is -0.274. The minimum absolute atomic E-state index is 0.122. The quantitative estimate of drug-likeness (QED) is 0.245. The molecule has 0 aliphatic heterocycles. The summed E-state index contributed by atoms with van der Waals surface area (Å²) in [5.41, 5.74) is 1.32. The maximum atomic E-state index is 14.4. The second kappa shape index (κ2) is 11.1. The lowest BCUT2D eigenvalue weighted by atomic mass is 9.84. The van der Waals surface area contributed by atoms with E-state index in [-0.39, 0.29) is 11.2 Å². The van der Waals surface area contributed by atoms with Gasteiger partial charge in [-0.05, 0) is 56.0 Å². The predicted molar refractivity (Wildman–Crippen MR) is 134 cm³/mol. The molecule has 4 aromatic rings. The van der Waals surface area contributed by atoms with Gasteiger partial charge in [-0.15, -0.1) is 28.5 Å². The van der Waals surface area contributed by atoms with Gasteiger partial charge in [0.1, 0.15) is 11.6 Å². The van der Waals surface area contributed by atoms with E-state index < -0.39 is 35.5 Å². The highest BCUT2D eigenvalue weighted by Crippen LogP contribution is 2.35. The summed E-state index contributed by atoms with van der Waals surface area (Å²) < 4.78 is 60.9. The number of carbonyl (C=O) groups excluding carboxylic acids is 1. The molecule has 1 aromatic carbocycles. The van der Waals surface area contributed by atoms with Gasteiger partial charge in [0.2, 0.25) is 10.3 Å². The first-order valence-corrected chi connectivity index (χ1v) is 12.8. The molecule has 15 heteroatoms. The molecule has 1 atom stereocenters. The van der Waals surface area contributed by atoms with Crippen LogP contribution >= 0.6 is 11.3 Å². The molecule has 0 bridgehead atoms. The number of anilines is 2. The molecule has 1 fully saturated rings. The van der Waals surface area contributed by atoms with Crippen molar-refractivity contribution in [2.75, 3.05) is 17.7 Å². The van der Waals surface area contributed by atoms with Gasteiger partial charge in [-0.2, -0.15) is 5.10 Å². The molecule has 10 nitrogen and oxygen atoms in total. The van der Waals surface area contributed by atoms with Crippen molar-refractivity contribution in [3.8, 4) is 5.75 Å². The number of fused-ring (bicyclic) bond motifs is 1. The summed E-state index contributed by atoms with van der Waals surface area (Å²) in [4.78, 5) is 15.8. The highest BCUT2D eigenvalue weighted by atomic mass is 32.1. The third-order valence-corrected chi connectivity index (χ3v) is 7.18. The molecule has 3 heterocycles. The maximum Gasteiger partial charge on any atom is 0.573 e. The Morgan fingerprint density at radius 1 is 1.08 bits per heavy atom. The Morgan fingerprint density at radius 2 is 1.85 bits per heavy atom. The summed E-state index contributed by atoms with van der Waals surface area (Å²) >= 11 is 1.08. The van der Waals surface area contributed by atoms with E-state index in [1.165, 1.54) is 0 Å². The van der Waals surface area contributed by atoms with Crippen molar-refractivity contribution in [1.29, 1.82) is 0 Å². The molecule has 0 saturated heterocycles. The molecule has 1 saturated carbocycles. The van der Waals surface area contributed by atoms with E-state index in [4.69, 9.17) is 4.74 Å². The SMILES string of the molecule is CO[C@H](C(=O)Nc1nnc(N[C@H]2CC[C@H](c3cc4cc[nH]c4nn3)CC2)s1)c1cc(OC(F)(F)F)ccc1F. The van der Waals surface area contributed by atoms with Crippen molar-refractivity contribution >= 4 is 38.5 Å². The third-order valence-electron chi connectivity index (χ3n) is 6.41. The third kappa shape index (κ3) is 6.42. The van der Waals surface area contributed by atoms with E-state index in [2.05, 4.69) is 46.8 Å². The molecule has 1 aliphatic rings. The predicted octanol–water partition coefficient (Wildman–Crippen LogP) is 5.31. The van der Waals surface area contributed by atoms with Crippen LogP contribution in [0.25, 0.3) is 11.0 Å². The number of nitrogens with one attached hydrogen (secondary N) is 3. The Kier molecular flexibility index (Phi) is 7.61. The summed E-state index contributed by atoms with van der Waals surface area (Å²) in [7, 11) is 1.13. The second-order valence-corrected chi connectivity index (χ2v) is 9.97. The van der Waals surface area contributed by atoms with Crippen LogP contribution in [0.15, 0.2) is 36.5 Å². The molecular weight excluding hydrogens is 542 g/mol. The van der Waals surface area contributed by atoms with Crippen LogP contribution in [-0.2, 0) is 9.53 Å². The molecule has 3 N–H and O–H groups in total. The highest BCUT2D eigenvalue weighted by molar-refractivity contribution is 7.19. The van der Waals surface area contributed by atoms with Gasteiger partial charge in [0.15, 0.2) is 11.8 Å². The van der Waals surface area contributed by atoms with Gasteiger partial charge in [-0.3, -0.25) is 10.1 Å². The van der Waals surface area contributed by atoms with Gasteiger partial charge < -0.3 is 19.8 Å². The van der Waals surface area contributed by atoms with Crippen molar-refractivity contribution in [3.05, 3.63) is 53.6 Å². The molecular formula is C24H23F4N7O3S. The zero-order valence-electron chi connectivity index (χ0n) is 20.5. The maximum absolute atomic E-state index is 14.4. The molecule has 5 rings (SSSR count). The molecule has 0 unspecified atom stereocenters. The number of nitrogens with zero attached hydrogens (tertiary/aromatic N) is 4. The van der Waals surface area contributed by atoms with Gasteiger partial charge in [-0.25, -0.2) is 4.39 Å². The highest BCUT2D eigenvalue weighted by Gasteiger charge is 2.33. The van der Waals surface area contributed by atoms with Gasteiger partial charge >= 0.3 is 6.36 Å². The average Bonchev–Trinajstić information content (AvgIpc) is 3.54. The van der Waals surface area contributed by atoms with Gasteiger partial charge in [0.25, 0.3) is 5.91 Å². The molecule has 1 aliphatic carbocycles. The summed E-state index contributed by atoms with van der Waals surface area (Å²) in [5, 5.41) is 24.0. The molecule has 0 radical (unpaired) electrons. The zero-order chi connectivity index (χ0) is 27.6.